The molecule has 28 heavy (non-hydrogen) atoms. The van der Waals surface area contributed by atoms with Gasteiger partial charge < -0.3 is 5.73 Å². The number of nitrogens with two attached hydrogens (primary N) is 1. The zero-order valence-corrected chi connectivity index (χ0v) is 16.6. The maximum absolute atomic E-state index is 13.2. The lowest BCUT2D eigenvalue weighted by Crippen LogP contribution is -2.43. The van der Waals surface area contributed by atoms with Gasteiger partial charge in [-0.15, -0.1) is 0 Å². The molecule has 7 nitrogen and oxygen atoms in total. The monoisotopic (exact) mass is 406 g/mol. The third kappa shape index (κ3) is 4.88. The van der Waals surface area contributed by atoms with Gasteiger partial charge in [0.05, 0.1) is 0 Å². The highest BCUT2D eigenvalue weighted by molar-refractivity contribution is 7.93. The number of sulfone groups is 1. The number of hydrogen-bond acceptors (Lipinski definition) is 5. The SMILES string of the molecule is CCCCCCC(C(=O)NO)S(=O)(=O)C(C(N)=O)c1ccc2ccccc2c1. The summed E-state index contributed by atoms with van der Waals surface area (Å²) in [6.07, 6.45) is 3.08. The van der Waals surface area contributed by atoms with E-state index in [0.717, 1.165) is 30.0 Å². The summed E-state index contributed by atoms with van der Waals surface area (Å²) in [7, 11) is -4.33. The minimum atomic E-state index is -4.33. The molecule has 2 unspecified atom stereocenters. The molecule has 0 aliphatic rings. The average molecular weight is 407 g/mol. The highest BCUT2D eigenvalue weighted by Gasteiger charge is 2.42. The van der Waals surface area contributed by atoms with Gasteiger partial charge in [-0.1, -0.05) is 69.0 Å². The minimum absolute atomic E-state index is 0.00604. The fourth-order valence-corrected chi connectivity index (χ4v) is 5.35. The van der Waals surface area contributed by atoms with Crippen molar-refractivity contribution >= 4 is 32.4 Å². The number of carbonyl (C=O) groups excluding carboxylic acids is 2. The number of amides is 2. The second-order valence-electron chi connectivity index (χ2n) is 6.79. The first-order valence-electron chi connectivity index (χ1n) is 9.27. The van der Waals surface area contributed by atoms with Gasteiger partial charge in [-0.05, 0) is 28.8 Å². The molecule has 2 aromatic carbocycles. The summed E-state index contributed by atoms with van der Waals surface area (Å²) >= 11 is 0. The molecular weight excluding hydrogens is 380 g/mol. The van der Waals surface area contributed by atoms with Gasteiger partial charge in [0.1, 0.15) is 5.25 Å². The van der Waals surface area contributed by atoms with Crippen molar-refractivity contribution in [2.24, 2.45) is 5.73 Å². The Morgan fingerprint density at radius 3 is 2.36 bits per heavy atom. The predicted molar refractivity (Wildman–Crippen MR) is 107 cm³/mol. The number of hydroxylamine groups is 1. The Hall–Kier alpha value is -2.45. The van der Waals surface area contributed by atoms with Crippen LogP contribution in [0.5, 0.6) is 0 Å². The average Bonchev–Trinajstić information content (AvgIpc) is 2.66. The molecule has 152 valence electrons. The number of primary amides is 1. The van der Waals surface area contributed by atoms with Crippen molar-refractivity contribution in [1.82, 2.24) is 5.48 Å². The van der Waals surface area contributed by atoms with E-state index in [-0.39, 0.29) is 12.0 Å². The molecule has 0 fully saturated rings. The Kier molecular flexibility index (Phi) is 7.53. The van der Waals surface area contributed by atoms with E-state index in [2.05, 4.69) is 0 Å². The highest BCUT2D eigenvalue weighted by Crippen LogP contribution is 2.30. The number of fused-ring (bicyclic) bond motifs is 1. The highest BCUT2D eigenvalue weighted by atomic mass is 32.2. The molecule has 0 radical (unpaired) electrons. The fraction of sp³-hybridized carbons (Fsp3) is 0.400. The molecule has 2 aromatic rings. The number of hydrogen-bond donors (Lipinski definition) is 3. The Labute approximate surface area is 164 Å². The standard InChI is InChI=1S/C20H26N2O5S/c1-2-3-4-5-10-17(20(24)22-25)28(26,27)18(19(21)23)16-12-11-14-8-6-7-9-15(14)13-16/h6-9,11-13,17-18,25H,2-5,10H2,1H3,(H2,21,23)(H,22,24). The molecule has 0 spiro atoms. The fourth-order valence-electron chi connectivity index (χ4n) is 3.32. The molecule has 2 rings (SSSR count). The van der Waals surface area contributed by atoms with E-state index < -0.39 is 32.2 Å². The Balaban J connectivity index is 2.44. The number of nitrogens with one attached hydrogen (secondary N) is 1. The van der Waals surface area contributed by atoms with Crippen LogP contribution in [-0.2, 0) is 19.4 Å². The lowest BCUT2D eigenvalue weighted by Gasteiger charge is -2.22. The largest absolute Gasteiger partial charge is 0.368 e. The summed E-state index contributed by atoms with van der Waals surface area (Å²) in [5.74, 6) is -2.11. The van der Waals surface area contributed by atoms with Gasteiger partial charge in [-0.25, -0.2) is 13.9 Å². The van der Waals surface area contributed by atoms with Crippen molar-refractivity contribution < 1.29 is 23.2 Å². The van der Waals surface area contributed by atoms with Crippen LogP contribution < -0.4 is 11.2 Å². The van der Waals surface area contributed by atoms with Crippen LogP contribution in [0.4, 0.5) is 0 Å². The van der Waals surface area contributed by atoms with Crippen LogP contribution >= 0.6 is 0 Å². The maximum Gasteiger partial charge on any atom is 0.261 e. The molecule has 0 aromatic heterocycles. The van der Waals surface area contributed by atoms with Crippen molar-refractivity contribution in [2.45, 2.75) is 49.5 Å². The molecule has 0 aliphatic heterocycles. The quantitative estimate of drug-likeness (QED) is 0.318. The lowest BCUT2D eigenvalue weighted by molar-refractivity contribution is -0.128. The second-order valence-corrected chi connectivity index (χ2v) is 9.01. The van der Waals surface area contributed by atoms with Crippen LogP contribution in [0, 0.1) is 0 Å². The van der Waals surface area contributed by atoms with Crippen molar-refractivity contribution in [2.75, 3.05) is 0 Å². The van der Waals surface area contributed by atoms with Gasteiger partial charge in [0.2, 0.25) is 5.91 Å². The van der Waals surface area contributed by atoms with E-state index in [0.29, 0.717) is 6.42 Å². The Bertz CT molecular complexity index is 943. The van der Waals surface area contributed by atoms with Gasteiger partial charge >= 0.3 is 0 Å². The molecule has 0 heterocycles. The summed E-state index contributed by atoms with van der Waals surface area (Å²) in [6.45, 7) is 2.01. The molecule has 2 amide bonds. The van der Waals surface area contributed by atoms with E-state index >= 15 is 0 Å². The van der Waals surface area contributed by atoms with Gasteiger partial charge in [0.15, 0.2) is 15.1 Å². The Morgan fingerprint density at radius 2 is 1.75 bits per heavy atom. The number of carbonyl (C=O) groups is 2. The van der Waals surface area contributed by atoms with Crippen LogP contribution in [0.2, 0.25) is 0 Å². The molecule has 8 heteroatoms. The zero-order valence-electron chi connectivity index (χ0n) is 15.8. The van der Waals surface area contributed by atoms with E-state index in [9.17, 15) is 18.0 Å². The third-order valence-corrected chi connectivity index (χ3v) is 7.19. The van der Waals surface area contributed by atoms with Crippen molar-refractivity contribution in [3.8, 4) is 0 Å². The normalized spacial score (nSPS) is 13.8. The van der Waals surface area contributed by atoms with Gasteiger partial charge in [0.25, 0.3) is 5.91 Å². The molecule has 0 saturated carbocycles. The lowest BCUT2D eigenvalue weighted by atomic mass is 10.0. The third-order valence-electron chi connectivity index (χ3n) is 4.78. The summed E-state index contributed by atoms with van der Waals surface area (Å²) in [5.41, 5.74) is 7.06. The summed E-state index contributed by atoms with van der Waals surface area (Å²) in [4.78, 5) is 24.2. The van der Waals surface area contributed by atoms with E-state index in [1.165, 1.54) is 11.5 Å². The van der Waals surface area contributed by atoms with Crippen molar-refractivity contribution in [1.29, 1.82) is 0 Å². The van der Waals surface area contributed by atoms with Crippen LogP contribution in [0.15, 0.2) is 42.5 Å². The van der Waals surface area contributed by atoms with Crippen LogP contribution in [0.25, 0.3) is 10.8 Å². The first-order chi connectivity index (χ1) is 13.3. The number of rotatable bonds is 10. The summed E-state index contributed by atoms with van der Waals surface area (Å²) < 4.78 is 26.4. The molecule has 0 saturated heterocycles. The second kappa shape index (κ2) is 9.66. The number of unbranched alkanes of at least 4 members (excludes halogenated alkanes) is 3. The molecule has 0 bridgehead atoms. The van der Waals surface area contributed by atoms with Crippen LogP contribution in [-0.4, -0.2) is 30.7 Å². The smallest absolute Gasteiger partial charge is 0.261 e. The molecule has 4 N–H and O–H groups in total. The predicted octanol–water partition coefficient (Wildman–Crippen LogP) is 2.63. The molecule has 2 atom stereocenters. The van der Waals surface area contributed by atoms with Crippen LogP contribution in [0.3, 0.4) is 0 Å². The topological polar surface area (TPSA) is 127 Å². The molecule has 0 aliphatic carbocycles. The minimum Gasteiger partial charge on any atom is -0.368 e. The van der Waals surface area contributed by atoms with Crippen LogP contribution in [0.1, 0.15) is 49.8 Å². The summed E-state index contributed by atoms with van der Waals surface area (Å²) in [6, 6.07) is 12.1. The van der Waals surface area contributed by atoms with Gasteiger partial charge in [0, 0.05) is 0 Å². The van der Waals surface area contributed by atoms with Gasteiger partial charge in [-0.2, -0.15) is 0 Å². The van der Waals surface area contributed by atoms with Crippen molar-refractivity contribution in [3.05, 3.63) is 48.0 Å². The Morgan fingerprint density at radius 1 is 1.07 bits per heavy atom. The van der Waals surface area contributed by atoms with Crippen molar-refractivity contribution in [3.63, 3.8) is 0 Å². The molecular formula is C20H26N2O5S. The first kappa shape index (κ1) is 21.8. The van der Waals surface area contributed by atoms with E-state index in [1.807, 2.05) is 19.1 Å². The zero-order chi connectivity index (χ0) is 20.7. The number of benzene rings is 2. The maximum atomic E-state index is 13.2. The van der Waals surface area contributed by atoms with Gasteiger partial charge in [-0.3, -0.25) is 14.8 Å². The summed E-state index contributed by atoms with van der Waals surface area (Å²) in [5, 5.41) is 7.43. The first-order valence-corrected chi connectivity index (χ1v) is 10.9. The van der Waals surface area contributed by atoms with E-state index in [4.69, 9.17) is 10.9 Å². The van der Waals surface area contributed by atoms with E-state index in [1.54, 1.807) is 24.3 Å².